The number of urea groups is 1. The number of carbonyl (C=O) groups excluding carboxylic acids is 2. The van der Waals surface area contributed by atoms with Crippen molar-refractivity contribution in [1.29, 1.82) is 0 Å². The predicted molar refractivity (Wildman–Crippen MR) is 81.2 cm³/mol. The first-order valence-corrected chi connectivity index (χ1v) is 6.96. The van der Waals surface area contributed by atoms with Crippen LogP contribution >= 0.6 is 11.3 Å². The molecule has 0 unspecified atom stereocenters. The molecule has 0 saturated carbocycles. The van der Waals surface area contributed by atoms with Gasteiger partial charge in [-0.05, 0) is 35.2 Å². The van der Waals surface area contributed by atoms with Gasteiger partial charge in [-0.25, -0.2) is 4.79 Å². The first-order chi connectivity index (χ1) is 9.67. The summed E-state index contributed by atoms with van der Waals surface area (Å²) in [4.78, 5) is 22.9. The Morgan fingerprint density at radius 1 is 1.10 bits per heavy atom. The smallest absolute Gasteiger partial charge is 0.324 e. The Bertz CT molecular complexity index is 579. The van der Waals surface area contributed by atoms with E-state index in [2.05, 4.69) is 16.0 Å². The van der Waals surface area contributed by atoms with Crippen molar-refractivity contribution < 1.29 is 9.59 Å². The van der Waals surface area contributed by atoms with E-state index in [4.69, 9.17) is 0 Å². The van der Waals surface area contributed by atoms with Gasteiger partial charge in [0.1, 0.15) is 0 Å². The van der Waals surface area contributed by atoms with Gasteiger partial charge >= 0.3 is 6.03 Å². The number of amides is 3. The second-order valence-electron chi connectivity index (χ2n) is 4.10. The molecular weight excluding hydrogens is 274 g/mol. The van der Waals surface area contributed by atoms with Gasteiger partial charge in [0.2, 0.25) is 5.91 Å². The topological polar surface area (TPSA) is 70.2 Å². The van der Waals surface area contributed by atoms with Crippen molar-refractivity contribution >= 4 is 34.0 Å². The first kappa shape index (κ1) is 14.1. The molecule has 0 aliphatic rings. The van der Waals surface area contributed by atoms with Crippen molar-refractivity contribution in [1.82, 2.24) is 5.32 Å². The van der Waals surface area contributed by atoms with Crippen LogP contribution in [0.1, 0.15) is 5.56 Å². The van der Waals surface area contributed by atoms with Gasteiger partial charge in [-0.15, -0.1) is 11.3 Å². The molecule has 1 aromatic carbocycles. The van der Waals surface area contributed by atoms with Crippen LogP contribution in [0.3, 0.4) is 0 Å². The first-order valence-electron chi connectivity index (χ1n) is 6.08. The Kier molecular flexibility index (Phi) is 4.73. The van der Waals surface area contributed by atoms with Crippen molar-refractivity contribution in [2.45, 2.75) is 6.42 Å². The maximum Gasteiger partial charge on any atom is 0.324 e. The standard InChI is InChI=1S/C14H15N3O2S/c1-15-12(18)9-10-4-6-11(7-5-10)16-14(19)17-13-3-2-8-20-13/h2-8H,9H2,1H3,(H,15,18)(H2,16,17,19). The lowest BCUT2D eigenvalue weighted by atomic mass is 10.1. The summed E-state index contributed by atoms with van der Waals surface area (Å²) in [6.45, 7) is 0. The quantitative estimate of drug-likeness (QED) is 0.810. The lowest BCUT2D eigenvalue weighted by molar-refractivity contribution is -0.119. The molecule has 0 spiro atoms. The van der Waals surface area contributed by atoms with Crippen LogP contribution in [0.25, 0.3) is 0 Å². The van der Waals surface area contributed by atoms with E-state index in [1.807, 2.05) is 29.6 Å². The van der Waals surface area contributed by atoms with Gasteiger partial charge < -0.3 is 10.6 Å². The average molecular weight is 289 g/mol. The number of carbonyl (C=O) groups is 2. The third kappa shape index (κ3) is 4.10. The van der Waals surface area contributed by atoms with Crippen LogP contribution in [0.4, 0.5) is 15.5 Å². The van der Waals surface area contributed by atoms with Gasteiger partial charge in [-0.3, -0.25) is 10.1 Å². The maximum absolute atomic E-state index is 11.7. The van der Waals surface area contributed by atoms with Crippen LogP contribution in [-0.4, -0.2) is 19.0 Å². The molecule has 0 aliphatic heterocycles. The van der Waals surface area contributed by atoms with E-state index in [9.17, 15) is 9.59 Å². The van der Waals surface area contributed by atoms with Crippen LogP contribution in [0.15, 0.2) is 41.8 Å². The fraction of sp³-hybridized carbons (Fsp3) is 0.143. The zero-order chi connectivity index (χ0) is 14.4. The molecule has 3 amide bonds. The molecule has 0 bridgehead atoms. The van der Waals surface area contributed by atoms with Gasteiger partial charge in [-0.1, -0.05) is 12.1 Å². The molecule has 1 aromatic heterocycles. The fourth-order valence-electron chi connectivity index (χ4n) is 1.60. The van der Waals surface area contributed by atoms with Gasteiger partial charge in [0.05, 0.1) is 11.4 Å². The molecule has 5 nitrogen and oxygen atoms in total. The lowest BCUT2D eigenvalue weighted by Gasteiger charge is -2.07. The van der Waals surface area contributed by atoms with Crippen molar-refractivity contribution in [2.24, 2.45) is 0 Å². The Hall–Kier alpha value is -2.34. The number of hydrogen-bond acceptors (Lipinski definition) is 3. The zero-order valence-electron chi connectivity index (χ0n) is 11.0. The average Bonchev–Trinajstić information content (AvgIpc) is 2.93. The van der Waals surface area contributed by atoms with Gasteiger partial charge in [0.25, 0.3) is 0 Å². The number of likely N-dealkylation sites (N-methyl/N-ethyl adjacent to an activating group) is 1. The summed E-state index contributed by atoms with van der Waals surface area (Å²) in [5, 5.41) is 10.7. The highest BCUT2D eigenvalue weighted by Gasteiger charge is 2.04. The third-order valence-electron chi connectivity index (χ3n) is 2.61. The number of rotatable bonds is 4. The molecule has 6 heteroatoms. The Balaban J connectivity index is 1.90. The number of hydrogen-bond donors (Lipinski definition) is 3. The van der Waals surface area contributed by atoms with E-state index in [0.29, 0.717) is 12.1 Å². The van der Waals surface area contributed by atoms with Crippen molar-refractivity contribution in [2.75, 3.05) is 17.7 Å². The van der Waals surface area contributed by atoms with E-state index < -0.39 is 0 Å². The lowest BCUT2D eigenvalue weighted by Crippen LogP contribution is -2.20. The molecular formula is C14H15N3O2S. The molecule has 0 atom stereocenters. The number of thiophene rings is 1. The Labute approximate surface area is 121 Å². The SMILES string of the molecule is CNC(=O)Cc1ccc(NC(=O)Nc2cccs2)cc1. The van der Waals surface area contributed by atoms with E-state index in [1.54, 1.807) is 19.2 Å². The predicted octanol–water partition coefficient (Wildman–Crippen LogP) is 2.68. The van der Waals surface area contributed by atoms with Crippen LogP contribution in [0.5, 0.6) is 0 Å². The molecule has 0 aliphatic carbocycles. The monoisotopic (exact) mass is 289 g/mol. The molecule has 104 valence electrons. The van der Waals surface area contributed by atoms with E-state index in [-0.39, 0.29) is 11.9 Å². The molecule has 3 N–H and O–H groups in total. The summed E-state index contributed by atoms with van der Waals surface area (Å²) in [5.74, 6) is -0.0406. The minimum atomic E-state index is -0.286. The van der Waals surface area contributed by atoms with Crippen LogP contribution in [0, 0.1) is 0 Å². The number of nitrogens with one attached hydrogen (secondary N) is 3. The van der Waals surface area contributed by atoms with Crippen LogP contribution in [-0.2, 0) is 11.2 Å². The molecule has 0 saturated heterocycles. The Morgan fingerprint density at radius 3 is 2.45 bits per heavy atom. The third-order valence-corrected chi connectivity index (χ3v) is 3.40. The summed E-state index contributed by atoms with van der Waals surface area (Å²) in [6.07, 6.45) is 0.332. The van der Waals surface area contributed by atoms with Crippen LogP contribution < -0.4 is 16.0 Å². The molecule has 2 aromatic rings. The summed E-state index contributed by atoms with van der Waals surface area (Å²) in [5.41, 5.74) is 1.58. The number of benzene rings is 1. The molecule has 0 radical (unpaired) electrons. The highest BCUT2D eigenvalue weighted by atomic mass is 32.1. The van der Waals surface area contributed by atoms with Crippen LogP contribution in [0.2, 0.25) is 0 Å². The summed E-state index contributed by atoms with van der Waals surface area (Å²) in [6, 6.07) is 10.6. The minimum Gasteiger partial charge on any atom is -0.359 e. The Morgan fingerprint density at radius 2 is 1.85 bits per heavy atom. The molecule has 1 heterocycles. The molecule has 20 heavy (non-hydrogen) atoms. The second-order valence-corrected chi connectivity index (χ2v) is 5.05. The summed E-state index contributed by atoms with van der Waals surface area (Å²) >= 11 is 1.46. The van der Waals surface area contributed by atoms with Crippen molar-refractivity contribution in [3.8, 4) is 0 Å². The van der Waals surface area contributed by atoms with E-state index in [1.165, 1.54) is 11.3 Å². The zero-order valence-corrected chi connectivity index (χ0v) is 11.8. The summed E-state index contributed by atoms with van der Waals surface area (Å²) < 4.78 is 0. The molecule has 2 rings (SSSR count). The van der Waals surface area contributed by atoms with Crippen molar-refractivity contribution in [3.05, 3.63) is 47.3 Å². The van der Waals surface area contributed by atoms with Gasteiger partial charge in [-0.2, -0.15) is 0 Å². The van der Waals surface area contributed by atoms with E-state index in [0.717, 1.165) is 10.6 Å². The fourth-order valence-corrected chi connectivity index (χ4v) is 2.22. The normalized spacial score (nSPS) is 9.85. The van der Waals surface area contributed by atoms with Gasteiger partial charge in [0.15, 0.2) is 0 Å². The molecule has 0 fully saturated rings. The van der Waals surface area contributed by atoms with E-state index >= 15 is 0 Å². The second kappa shape index (κ2) is 6.72. The largest absolute Gasteiger partial charge is 0.359 e. The van der Waals surface area contributed by atoms with Gasteiger partial charge in [0, 0.05) is 12.7 Å². The number of anilines is 2. The summed E-state index contributed by atoms with van der Waals surface area (Å²) in [7, 11) is 1.60. The van der Waals surface area contributed by atoms with Crippen molar-refractivity contribution in [3.63, 3.8) is 0 Å². The highest BCUT2D eigenvalue weighted by Crippen LogP contribution is 2.16. The highest BCUT2D eigenvalue weighted by molar-refractivity contribution is 7.14. The maximum atomic E-state index is 11.7. The minimum absolute atomic E-state index is 0.0406.